The van der Waals surface area contributed by atoms with Gasteiger partial charge in [0.2, 0.25) is 0 Å². The van der Waals surface area contributed by atoms with E-state index in [2.05, 4.69) is 5.32 Å². The molecule has 4 nitrogen and oxygen atoms in total. The number of halogens is 3. The number of carboxylic acid groups (broad SMARTS) is 1. The van der Waals surface area contributed by atoms with Gasteiger partial charge in [-0.2, -0.15) is 0 Å². The monoisotopic (exact) mass is 295 g/mol. The van der Waals surface area contributed by atoms with Crippen LogP contribution >= 0.6 is 0 Å². The average molecular weight is 295 g/mol. The maximum atomic E-state index is 13.1. The molecule has 21 heavy (non-hydrogen) atoms. The Hall–Kier alpha value is -2.83. The largest absolute Gasteiger partial charge is 0.478 e. The van der Waals surface area contributed by atoms with Gasteiger partial charge >= 0.3 is 5.97 Å². The lowest BCUT2D eigenvalue weighted by molar-refractivity contribution is 0.0698. The second kappa shape index (κ2) is 5.66. The summed E-state index contributed by atoms with van der Waals surface area (Å²) in [7, 11) is 0. The number of carbonyl (C=O) groups excluding carboxylic acids is 1. The van der Waals surface area contributed by atoms with Crippen molar-refractivity contribution in [3.63, 3.8) is 0 Å². The van der Waals surface area contributed by atoms with Crippen molar-refractivity contribution in [2.75, 3.05) is 5.32 Å². The van der Waals surface area contributed by atoms with Crippen LogP contribution in [-0.2, 0) is 0 Å². The molecule has 108 valence electrons. The van der Waals surface area contributed by atoms with Crippen LogP contribution in [0.2, 0.25) is 0 Å². The van der Waals surface area contributed by atoms with Gasteiger partial charge in [0.25, 0.3) is 5.91 Å². The highest BCUT2D eigenvalue weighted by Gasteiger charge is 2.15. The van der Waals surface area contributed by atoms with E-state index in [9.17, 15) is 22.8 Å². The molecule has 0 spiro atoms. The Balaban J connectivity index is 2.35. The van der Waals surface area contributed by atoms with Gasteiger partial charge in [-0.3, -0.25) is 4.79 Å². The summed E-state index contributed by atoms with van der Waals surface area (Å²) in [5.41, 5.74) is -1.01. The fraction of sp³-hybridized carbons (Fsp3) is 0. The lowest BCUT2D eigenvalue weighted by Crippen LogP contribution is -2.15. The minimum atomic E-state index is -1.38. The van der Waals surface area contributed by atoms with Crippen molar-refractivity contribution < 1.29 is 27.9 Å². The topological polar surface area (TPSA) is 66.4 Å². The number of carbonyl (C=O) groups is 2. The van der Waals surface area contributed by atoms with Crippen LogP contribution in [0.15, 0.2) is 36.4 Å². The van der Waals surface area contributed by atoms with Crippen molar-refractivity contribution in [3.8, 4) is 0 Å². The van der Waals surface area contributed by atoms with Gasteiger partial charge in [0.05, 0.1) is 11.3 Å². The van der Waals surface area contributed by atoms with Crippen LogP contribution in [0, 0.1) is 17.5 Å². The first-order valence-corrected chi connectivity index (χ1v) is 5.67. The van der Waals surface area contributed by atoms with Crippen molar-refractivity contribution in [3.05, 3.63) is 65.0 Å². The molecule has 0 heterocycles. The third-order valence-electron chi connectivity index (χ3n) is 2.58. The Bertz CT molecular complexity index is 711. The maximum Gasteiger partial charge on any atom is 0.337 e. The molecule has 0 fully saturated rings. The van der Waals surface area contributed by atoms with E-state index < -0.39 is 29.3 Å². The lowest BCUT2D eigenvalue weighted by atomic mass is 10.1. The fourth-order valence-electron chi connectivity index (χ4n) is 1.69. The van der Waals surface area contributed by atoms with Crippen LogP contribution in [-0.4, -0.2) is 17.0 Å². The van der Waals surface area contributed by atoms with E-state index >= 15 is 0 Å². The summed E-state index contributed by atoms with van der Waals surface area (Å²) in [5.74, 6) is -5.02. The summed E-state index contributed by atoms with van der Waals surface area (Å²) in [6.07, 6.45) is 0. The normalized spacial score (nSPS) is 10.2. The molecule has 0 unspecified atom stereocenters. The third-order valence-corrected chi connectivity index (χ3v) is 2.58. The lowest BCUT2D eigenvalue weighted by Gasteiger charge is -2.09. The summed E-state index contributed by atoms with van der Waals surface area (Å²) < 4.78 is 39.2. The third kappa shape index (κ3) is 3.38. The highest BCUT2D eigenvalue weighted by Crippen LogP contribution is 2.19. The van der Waals surface area contributed by atoms with Crippen molar-refractivity contribution in [1.29, 1.82) is 0 Å². The minimum Gasteiger partial charge on any atom is -0.478 e. The van der Waals surface area contributed by atoms with E-state index in [0.717, 1.165) is 30.3 Å². The van der Waals surface area contributed by atoms with Gasteiger partial charge in [0.1, 0.15) is 17.5 Å². The molecular formula is C14H8F3NO3. The maximum absolute atomic E-state index is 13.1. The predicted octanol–water partition coefficient (Wildman–Crippen LogP) is 3.05. The summed E-state index contributed by atoms with van der Waals surface area (Å²) >= 11 is 0. The molecule has 0 saturated carbocycles. The number of amides is 1. The first kappa shape index (κ1) is 14.6. The van der Waals surface area contributed by atoms with Crippen LogP contribution < -0.4 is 5.32 Å². The first-order valence-electron chi connectivity index (χ1n) is 5.67. The van der Waals surface area contributed by atoms with Gasteiger partial charge in [-0.1, -0.05) is 0 Å². The van der Waals surface area contributed by atoms with Crippen LogP contribution in [0.25, 0.3) is 0 Å². The molecular weight excluding hydrogens is 287 g/mol. The Morgan fingerprint density at radius 2 is 1.52 bits per heavy atom. The van der Waals surface area contributed by atoms with Gasteiger partial charge in [-0.15, -0.1) is 0 Å². The predicted molar refractivity (Wildman–Crippen MR) is 67.7 cm³/mol. The molecule has 0 atom stereocenters. The molecule has 0 bridgehead atoms. The zero-order chi connectivity index (χ0) is 15.6. The number of hydrogen-bond acceptors (Lipinski definition) is 2. The molecule has 0 saturated heterocycles. The Kier molecular flexibility index (Phi) is 3.93. The Labute approximate surface area is 116 Å². The summed E-state index contributed by atoms with van der Waals surface area (Å²) in [6, 6.07) is 4.83. The molecule has 2 aromatic carbocycles. The molecule has 2 aromatic rings. The zero-order valence-electron chi connectivity index (χ0n) is 10.4. The van der Waals surface area contributed by atoms with E-state index in [-0.39, 0.29) is 16.8 Å². The standard InChI is InChI=1S/C14H8F3NO3/c15-8-1-2-11(14(20)21)12(6-8)18-13(19)7-3-9(16)5-10(17)4-7/h1-6H,(H,18,19)(H,20,21). The molecule has 1 amide bonds. The average Bonchev–Trinajstić information content (AvgIpc) is 2.37. The fourth-order valence-corrected chi connectivity index (χ4v) is 1.69. The summed E-state index contributed by atoms with van der Waals surface area (Å²) in [6.45, 7) is 0. The molecule has 0 radical (unpaired) electrons. The van der Waals surface area contributed by atoms with Crippen molar-refractivity contribution in [1.82, 2.24) is 0 Å². The van der Waals surface area contributed by atoms with E-state index in [1.54, 1.807) is 0 Å². The smallest absolute Gasteiger partial charge is 0.337 e. The number of aromatic carboxylic acids is 1. The van der Waals surface area contributed by atoms with Gasteiger partial charge in [0, 0.05) is 11.6 Å². The van der Waals surface area contributed by atoms with E-state index in [1.807, 2.05) is 0 Å². The van der Waals surface area contributed by atoms with E-state index in [4.69, 9.17) is 5.11 Å². The van der Waals surface area contributed by atoms with Crippen LogP contribution in [0.3, 0.4) is 0 Å². The highest BCUT2D eigenvalue weighted by molar-refractivity contribution is 6.07. The van der Waals surface area contributed by atoms with E-state index in [1.165, 1.54) is 0 Å². The summed E-state index contributed by atoms with van der Waals surface area (Å²) in [4.78, 5) is 22.8. The number of hydrogen-bond donors (Lipinski definition) is 2. The second-order valence-electron chi connectivity index (χ2n) is 4.11. The van der Waals surface area contributed by atoms with Crippen LogP contribution in [0.1, 0.15) is 20.7 Å². The van der Waals surface area contributed by atoms with Crippen LogP contribution in [0.5, 0.6) is 0 Å². The Morgan fingerprint density at radius 3 is 2.10 bits per heavy atom. The van der Waals surface area contributed by atoms with Crippen molar-refractivity contribution in [2.45, 2.75) is 0 Å². The number of rotatable bonds is 3. The quantitative estimate of drug-likeness (QED) is 0.914. The summed E-state index contributed by atoms with van der Waals surface area (Å²) in [5, 5.41) is 11.0. The minimum absolute atomic E-state index is 0.308. The molecule has 0 aliphatic rings. The second-order valence-corrected chi connectivity index (χ2v) is 4.11. The number of anilines is 1. The highest BCUT2D eigenvalue weighted by atomic mass is 19.1. The van der Waals surface area contributed by atoms with Gasteiger partial charge in [-0.25, -0.2) is 18.0 Å². The molecule has 7 heteroatoms. The van der Waals surface area contributed by atoms with Crippen molar-refractivity contribution in [2.24, 2.45) is 0 Å². The number of carboxylic acids is 1. The molecule has 0 aliphatic heterocycles. The number of benzene rings is 2. The number of nitrogens with one attached hydrogen (secondary N) is 1. The first-order chi connectivity index (χ1) is 9.86. The molecule has 0 aromatic heterocycles. The van der Waals surface area contributed by atoms with Crippen LogP contribution in [0.4, 0.5) is 18.9 Å². The van der Waals surface area contributed by atoms with Gasteiger partial charge < -0.3 is 10.4 Å². The van der Waals surface area contributed by atoms with E-state index in [0.29, 0.717) is 6.07 Å². The SMILES string of the molecule is O=C(Nc1cc(F)ccc1C(=O)O)c1cc(F)cc(F)c1. The molecule has 0 aliphatic carbocycles. The molecule has 2 rings (SSSR count). The zero-order valence-corrected chi connectivity index (χ0v) is 10.4. The Morgan fingerprint density at radius 1 is 0.905 bits per heavy atom. The van der Waals surface area contributed by atoms with Gasteiger partial charge in [-0.05, 0) is 30.3 Å². The molecule has 2 N–H and O–H groups in total. The van der Waals surface area contributed by atoms with Gasteiger partial charge in [0.15, 0.2) is 0 Å². The van der Waals surface area contributed by atoms with Crippen molar-refractivity contribution >= 4 is 17.6 Å².